The number of thioether (sulfide) groups is 1. The van der Waals surface area contributed by atoms with E-state index in [4.69, 9.17) is 0 Å². The van der Waals surface area contributed by atoms with Crippen LogP contribution in [0.5, 0.6) is 0 Å². The maximum atomic E-state index is 3.39. The zero-order valence-corrected chi connectivity index (χ0v) is 8.73. The molecule has 1 atom stereocenters. The summed E-state index contributed by atoms with van der Waals surface area (Å²) in [6, 6.07) is 8.76. The molecule has 1 aliphatic heterocycles. The Morgan fingerprint density at radius 3 is 3.08 bits per heavy atom. The number of hydrogen-bond donors (Lipinski definition) is 1. The van der Waals surface area contributed by atoms with Crippen LogP contribution in [0, 0.1) is 6.92 Å². The van der Waals surface area contributed by atoms with Crippen LogP contribution in [-0.2, 0) is 0 Å². The summed E-state index contributed by atoms with van der Waals surface area (Å²) in [7, 11) is 0. The van der Waals surface area contributed by atoms with Crippen molar-refractivity contribution < 1.29 is 0 Å². The van der Waals surface area contributed by atoms with Crippen LogP contribution in [0.4, 0.5) is 0 Å². The summed E-state index contributed by atoms with van der Waals surface area (Å²) in [5.74, 6) is 0. The van der Waals surface area contributed by atoms with Crippen molar-refractivity contribution in [2.24, 2.45) is 0 Å². The van der Waals surface area contributed by atoms with E-state index in [1.165, 1.54) is 30.0 Å². The van der Waals surface area contributed by atoms with Gasteiger partial charge in [0, 0.05) is 16.7 Å². The van der Waals surface area contributed by atoms with E-state index < -0.39 is 0 Å². The number of rotatable bonds is 2. The molecule has 0 spiro atoms. The van der Waals surface area contributed by atoms with E-state index >= 15 is 0 Å². The van der Waals surface area contributed by atoms with E-state index in [2.05, 4.69) is 36.5 Å². The molecule has 0 saturated carbocycles. The minimum Gasteiger partial charge on any atom is -0.316 e. The van der Waals surface area contributed by atoms with Crippen molar-refractivity contribution in [3.63, 3.8) is 0 Å². The zero-order valence-electron chi connectivity index (χ0n) is 7.92. The van der Waals surface area contributed by atoms with E-state index in [1.807, 2.05) is 11.8 Å². The predicted octanol–water partition coefficient (Wildman–Crippen LogP) is 2.45. The van der Waals surface area contributed by atoms with Gasteiger partial charge >= 0.3 is 0 Å². The van der Waals surface area contributed by atoms with E-state index in [0.717, 1.165) is 5.25 Å². The first-order valence-electron chi connectivity index (χ1n) is 4.78. The van der Waals surface area contributed by atoms with Crippen LogP contribution in [0.25, 0.3) is 0 Å². The first-order valence-corrected chi connectivity index (χ1v) is 5.66. The number of nitrogens with one attached hydrogen (secondary N) is 1. The molecule has 0 aromatic heterocycles. The second-order valence-corrected chi connectivity index (χ2v) is 4.92. The highest BCUT2D eigenvalue weighted by molar-refractivity contribution is 8.00. The lowest BCUT2D eigenvalue weighted by Gasteiger charge is -2.07. The third-order valence-corrected chi connectivity index (χ3v) is 3.57. The summed E-state index contributed by atoms with van der Waals surface area (Å²) in [6.45, 7) is 4.50. The van der Waals surface area contributed by atoms with Gasteiger partial charge in [-0.3, -0.25) is 0 Å². The third kappa shape index (κ3) is 2.48. The first kappa shape index (κ1) is 9.10. The average Bonchev–Trinajstić information content (AvgIpc) is 2.57. The molecule has 1 aromatic rings. The third-order valence-electron chi connectivity index (χ3n) is 2.31. The van der Waals surface area contributed by atoms with Crippen molar-refractivity contribution in [3.8, 4) is 0 Å². The molecular formula is C11H15NS. The second kappa shape index (κ2) is 4.16. The Balaban J connectivity index is 2.00. The van der Waals surface area contributed by atoms with Gasteiger partial charge in [0.1, 0.15) is 0 Å². The van der Waals surface area contributed by atoms with Gasteiger partial charge in [0.2, 0.25) is 0 Å². The molecule has 0 amide bonds. The standard InChI is InChI=1S/C11H15NS/c1-9-3-2-4-10(7-9)13-11-5-6-12-8-11/h2-4,7,11-12H,5-6,8H2,1H3. The fraction of sp³-hybridized carbons (Fsp3) is 0.455. The molecule has 0 aliphatic carbocycles. The van der Waals surface area contributed by atoms with Gasteiger partial charge in [0.25, 0.3) is 0 Å². The van der Waals surface area contributed by atoms with E-state index in [1.54, 1.807) is 0 Å². The smallest absolute Gasteiger partial charge is 0.0231 e. The molecule has 1 saturated heterocycles. The highest BCUT2D eigenvalue weighted by atomic mass is 32.2. The van der Waals surface area contributed by atoms with Crippen LogP contribution in [0.2, 0.25) is 0 Å². The summed E-state index contributed by atoms with van der Waals surface area (Å²) in [6.07, 6.45) is 1.30. The fourth-order valence-electron chi connectivity index (χ4n) is 1.61. The van der Waals surface area contributed by atoms with Gasteiger partial charge in [-0.25, -0.2) is 0 Å². The normalized spacial score (nSPS) is 22.1. The Hall–Kier alpha value is -0.470. The fourth-order valence-corrected chi connectivity index (χ4v) is 2.84. The molecule has 1 unspecified atom stereocenters. The number of benzene rings is 1. The Bertz CT molecular complexity index is 279. The molecule has 1 heterocycles. The SMILES string of the molecule is Cc1cccc(SC2CCNC2)c1. The van der Waals surface area contributed by atoms with Crippen LogP contribution in [-0.4, -0.2) is 18.3 Å². The Morgan fingerprint density at radius 2 is 2.38 bits per heavy atom. The number of aryl methyl sites for hydroxylation is 1. The minimum absolute atomic E-state index is 0.779. The molecular weight excluding hydrogens is 178 g/mol. The lowest BCUT2D eigenvalue weighted by molar-refractivity contribution is 0.858. The average molecular weight is 193 g/mol. The first-order chi connectivity index (χ1) is 6.34. The monoisotopic (exact) mass is 193 g/mol. The number of hydrogen-bond acceptors (Lipinski definition) is 2. The molecule has 2 heteroatoms. The highest BCUT2D eigenvalue weighted by Gasteiger charge is 2.15. The lowest BCUT2D eigenvalue weighted by atomic mass is 10.2. The van der Waals surface area contributed by atoms with Gasteiger partial charge in [-0.15, -0.1) is 11.8 Å². The van der Waals surface area contributed by atoms with E-state index in [9.17, 15) is 0 Å². The van der Waals surface area contributed by atoms with Crippen molar-refractivity contribution in [2.45, 2.75) is 23.5 Å². The molecule has 1 aliphatic rings. The van der Waals surface area contributed by atoms with Gasteiger partial charge in [-0.05, 0) is 32.0 Å². The molecule has 13 heavy (non-hydrogen) atoms. The van der Waals surface area contributed by atoms with Crippen molar-refractivity contribution >= 4 is 11.8 Å². The van der Waals surface area contributed by atoms with Gasteiger partial charge < -0.3 is 5.32 Å². The van der Waals surface area contributed by atoms with E-state index in [-0.39, 0.29) is 0 Å². The van der Waals surface area contributed by atoms with Gasteiger partial charge in [0.05, 0.1) is 0 Å². The van der Waals surface area contributed by atoms with Gasteiger partial charge in [0.15, 0.2) is 0 Å². The Labute approximate surface area is 83.9 Å². The van der Waals surface area contributed by atoms with E-state index in [0.29, 0.717) is 0 Å². The van der Waals surface area contributed by atoms with Gasteiger partial charge in [-0.1, -0.05) is 17.7 Å². The molecule has 0 bridgehead atoms. The van der Waals surface area contributed by atoms with Crippen LogP contribution in [0.1, 0.15) is 12.0 Å². The van der Waals surface area contributed by atoms with Crippen LogP contribution in [0.3, 0.4) is 0 Å². The van der Waals surface area contributed by atoms with Crippen molar-refractivity contribution in [3.05, 3.63) is 29.8 Å². The maximum absolute atomic E-state index is 3.39. The molecule has 1 fully saturated rings. The van der Waals surface area contributed by atoms with Crippen LogP contribution >= 0.6 is 11.8 Å². The summed E-state index contributed by atoms with van der Waals surface area (Å²) < 4.78 is 0. The largest absolute Gasteiger partial charge is 0.316 e. The second-order valence-electron chi connectivity index (χ2n) is 3.55. The highest BCUT2D eigenvalue weighted by Crippen LogP contribution is 2.27. The summed E-state index contributed by atoms with van der Waals surface area (Å²) in [4.78, 5) is 1.41. The minimum atomic E-state index is 0.779. The Kier molecular flexibility index (Phi) is 2.91. The molecule has 1 aromatic carbocycles. The lowest BCUT2D eigenvalue weighted by Crippen LogP contribution is -2.09. The maximum Gasteiger partial charge on any atom is 0.0231 e. The molecule has 1 nitrogen and oxygen atoms in total. The van der Waals surface area contributed by atoms with Crippen LogP contribution in [0.15, 0.2) is 29.2 Å². The van der Waals surface area contributed by atoms with Crippen molar-refractivity contribution in [2.75, 3.05) is 13.1 Å². The summed E-state index contributed by atoms with van der Waals surface area (Å²) >= 11 is 2.00. The molecule has 0 radical (unpaired) electrons. The predicted molar refractivity (Wildman–Crippen MR) is 58.3 cm³/mol. The quantitative estimate of drug-likeness (QED) is 0.774. The van der Waals surface area contributed by atoms with Crippen molar-refractivity contribution in [1.29, 1.82) is 0 Å². The summed E-state index contributed by atoms with van der Waals surface area (Å²) in [5.41, 5.74) is 1.36. The van der Waals surface area contributed by atoms with Gasteiger partial charge in [-0.2, -0.15) is 0 Å². The van der Waals surface area contributed by atoms with Crippen LogP contribution < -0.4 is 5.32 Å². The summed E-state index contributed by atoms with van der Waals surface area (Å²) in [5, 5.41) is 4.17. The molecule has 70 valence electrons. The topological polar surface area (TPSA) is 12.0 Å². The Morgan fingerprint density at radius 1 is 1.46 bits per heavy atom. The zero-order chi connectivity index (χ0) is 9.10. The molecule has 1 N–H and O–H groups in total. The molecule has 2 rings (SSSR count). The van der Waals surface area contributed by atoms with Crippen molar-refractivity contribution in [1.82, 2.24) is 5.32 Å².